The molecule has 1 atom stereocenters. The zero-order chi connectivity index (χ0) is 21.7. The van der Waals surface area contributed by atoms with Crippen molar-refractivity contribution in [1.29, 1.82) is 0 Å². The van der Waals surface area contributed by atoms with Gasteiger partial charge in [0.05, 0.1) is 10.6 Å². The zero-order valence-electron chi connectivity index (χ0n) is 17.6. The second kappa shape index (κ2) is 9.85. The van der Waals surface area contributed by atoms with Crippen LogP contribution in [-0.4, -0.2) is 33.7 Å². The molecule has 30 heavy (non-hydrogen) atoms. The second-order valence-electron chi connectivity index (χ2n) is 7.73. The van der Waals surface area contributed by atoms with Crippen molar-refractivity contribution < 1.29 is 13.2 Å². The Morgan fingerprint density at radius 3 is 2.57 bits per heavy atom. The van der Waals surface area contributed by atoms with Gasteiger partial charge in [-0.1, -0.05) is 19.1 Å². The molecular formula is C22H29N3O3S2. The summed E-state index contributed by atoms with van der Waals surface area (Å²) < 4.78 is 28.2. The van der Waals surface area contributed by atoms with Crippen LogP contribution in [0.3, 0.4) is 0 Å². The van der Waals surface area contributed by atoms with Crippen LogP contribution in [-0.2, 0) is 21.4 Å². The number of anilines is 2. The van der Waals surface area contributed by atoms with E-state index < -0.39 is 10.0 Å². The highest BCUT2D eigenvalue weighted by Gasteiger charge is 2.18. The van der Waals surface area contributed by atoms with Crippen LogP contribution in [0.15, 0.2) is 52.3 Å². The van der Waals surface area contributed by atoms with Crippen molar-refractivity contribution in [2.24, 2.45) is 5.92 Å². The number of sulfonamides is 1. The highest BCUT2D eigenvalue weighted by molar-refractivity contribution is 7.98. The summed E-state index contributed by atoms with van der Waals surface area (Å²) in [5, 5.41) is 2.69. The molecule has 2 aromatic carbocycles. The van der Waals surface area contributed by atoms with Crippen molar-refractivity contribution in [2.75, 3.05) is 29.6 Å². The molecule has 2 N–H and O–H groups in total. The van der Waals surface area contributed by atoms with E-state index in [0.29, 0.717) is 11.6 Å². The summed E-state index contributed by atoms with van der Waals surface area (Å²) in [7, 11) is -3.70. The monoisotopic (exact) mass is 447 g/mol. The number of benzene rings is 2. The topological polar surface area (TPSA) is 78.5 Å². The van der Waals surface area contributed by atoms with Gasteiger partial charge in [-0.25, -0.2) is 13.1 Å². The van der Waals surface area contributed by atoms with E-state index in [9.17, 15) is 13.2 Å². The van der Waals surface area contributed by atoms with Gasteiger partial charge in [-0.15, -0.1) is 11.8 Å². The first kappa shape index (κ1) is 22.7. The molecule has 0 spiro atoms. The van der Waals surface area contributed by atoms with E-state index in [2.05, 4.69) is 34.0 Å². The van der Waals surface area contributed by atoms with Gasteiger partial charge in [0.2, 0.25) is 15.9 Å². The number of amides is 1. The van der Waals surface area contributed by atoms with Crippen LogP contribution in [0.1, 0.15) is 32.3 Å². The quantitative estimate of drug-likeness (QED) is 0.625. The number of carbonyl (C=O) groups excluding carboxylic acids is 1. The summed E-state index contributed by atoms with van der Waals surface area (Å²) in [4.78, 5) is 14.8. The molecule has 0 aliphatic carbocycles. The summed E-state index contributed by atoms with van der Waals surface area (Å²) >= 11 is 1.45. The van der Waals surface area contributed by atoms with Gasteiger partial charge in [-0.05, 0) is 60.9 Å². The van der Waals surface area contributed by atoms with E-state index in [1.165, 1.54) is 43.3 Å². The molecule has 3 rings (SSSR count). The standard InChI is InChI=1S/C22H29N3O3S2/c1-16-5-4-12-25(15-16)19-8-6-18(7-9-19)14-23-30(27,28)20-10-11-22(29-3)21(13-20)24-17(2)26/h6-11,13,16,23H,4-5,12,14-15H2,1-3H3,(H,24,26). The van der Waals surface area contributed by atoms with Crippen LogP contribution in [0.2, 0.25) is 0 Å². The Hall–Kier alpha value is -2.03. The number of nitrogens with one attached hydrogen (secondary N) is 2. The molecule has 162 valence electrons. The lowest BCUT2D eigenvalue weighted by molar-refractivity contribution is -0.114. The summed E-state index contributed by atoms with van der Waals surface area (Å²) in [5.74, 6) is 0.459. The van der Waals surface area contributed by atoms with Crippen LogP contribution < -0.4 is 14.9 Å². The fourth-order valence-corrected chi connectivity index (χ4v) is 5.23. The number of thioether (sulfide) groups is 1. The fourth-order valence-electron chi connectivity index (χ4n) is 3.65. The van der Waals surface area contributed by atoms with Crippen LogP contribution in [0.25, 0.3) is 0 Å². The summed E-state index contributed by atoms with van der Waals surface area (Å²) in [6.45, 7) is 6.02. The van der Waals surface area contributed by atoms with Gasteiger partial charge in [0, 0.05) is 37.1 Å². The van der Waals surface area contributed by atoms with Crippen molar-refractivity contribution in [2.45, 2.75) is 43.0 Å². The van der Waals surface area contributed by atoms with Crippen LogP contribution in [0.5, 0.6) is 0 Å². The fraction of sp³-hybridized carbons (Fsp3) is 0.409. The van der Waals surface area contributed by atoms with E-state index in [4.69, 9.17) is 0 Å². The largest absolute Gasteiger partial charge is 0.371 e. The number of piperidine rings is 1. The third-order valence-corrected chi connectivity index (χ3v) is 7.41. The number of rotatable bonds is 7. The minimum absolute atomic E-state index is 0.128. The molecule has 0 aromatic heterocycles. The van der Waals surface area contributed by atoms with Gasteiger partial charge in [-0.2, -0.15) is 0 Å². The van der Waals surface area contributed by atoms with E-state index in [-0.39, 0.29) is 17.3 Å². The van der Waals surface area contributed by atoms with Crippen molar-refractivity contribution in [3.05, 3.63) is 48.0 Å². The van der Waals surface area contributed by atoms with Crippen LogP contribution in [0.4, 0.5) is 11.4 Å². The molecule has 1 fully saturated rings. The maximum atomic E-state index is 12.8. The van der Waals surface area contributed by atoms with Gasteiger partial charge in [0.25, 0.3) is 0 Å². The Bertz CT molecular complexity index is 991. The maximum Gasteiger partial charge on any atom is 0.240 e. The maximum absolute atomic E-state index is 12.8. The summed E-state index contributed by atoms with van der Waals surface area (Å²) in [6, 6.07) is 12.8. The van der Waals surface area contributed by atoms with Gasteiger partial charge >= 0.3 is 0 Å². The molecule has 0 radical (unpaired) electrons. The van der Waals surface area contributed by atoms with Gasteiger partial charge < -0.3 is 10.2 Å². The molecule has 2 aromatic rings. The van der Waals surface area contributed by atoms with E-state index >= 15 is 0 Å². The molecule has 8 heteroatoms. The molecule has 1 amide bonds. The Labute approximate surface area is 183 Å². The average Bonchev–Trinajstić information content (AvgIpc) is 2.72. The van der Waals surface area contributed by atoms with Crippen LogP contribution in [0, 0.1) is 5.92 Å². The molecule has 1 saturated heterocycles. The Kier molecular flexibility index (Phi) is 7.44. The average molecular weight is 448 g/mol. The van der Waals surface area contributed by atoms with Crippen molar-refractivity contribution in [3.63, 3.8) is 0 Å². The molecule has 1 aliphatic heterocycles. The third kappa shape index (κ3) is 5.77. The van der Waals surface area contributed by atoms with Crippen molar-refractivity contribution in [1.82, 2.24) is 4.72 Å². The first-order chi connectivity index (χ1) is 14.3. The van der Waals surface area contributed by atoms with Crippen molar-refractivity contribution in [3.8, 4) is 0 Å². The number of hydrogen-bond acceptors (Lipinski definition) is 5. The Morgan fingerprint density at radius 2 is 1.93 bits per heavy atom. The lowest BCUT2D eigenvalue weighted by Gasteiger charge is -2.32. The predicted octanol–water partition coefficient (Wildman–Crippen LogP) is 4.08. The summed E-state index contributed by atoms with van der Waals surface area (Å²) in [5.41, 5.74) is 2.58. The Balaban J connectivity index is 1.68. The number of hydrogen-bond donors (Lipinski definition) is 2. The number of nitrogens with zero attached hydrogens (tertiary/aromatic N) is 1. The SMILES string of the molecule is CSc1ccc(S(=O)(=O)NCc2ccc(N3CCCC(C)C3)cc2)cc1NC(C)=O. The zero-order valence-corrected chi connectivity index (χ0v) is 19.3. The molecule has 0 saturated carbocycles. The lowest BCUT2D eigenvalue weighted by atomic mass is 9.99. The molecule has 1 aliphatic rings. The predicted molar refractivity (Wildman–Crippen MR) is 124 cm³/mol. The van der Waals surface area contributed by atoms with Crippen LogP contribution >= 0.6 is 11.8 Å². The molecular weight excluding hydrogens is 418 g/mol. The number of carbonyl (C=O) groups is 1. The van der Waals surface area contributed by atoms with E-state index in [0.717, 1.165) is 23.5 Å². The highest BCUT2D eigenvalue weighted by Crippen LogP contribution is 2.28. The van der Waals surface area contributed by atoms with Gasteiger partial charge in [0.15, 0.2) is 0 Å². The molecule has 1 unspecified atom stereocenters. The summed E-state index contributed by atoms with van der Waals surface area (Å²) in [6.07, 6.45) is 4.36. The molecule has 0 bridgehead atoms. The normalized spacial score (nSPS) is 17.0. The van der Waals surface area contributed by atoms with E-state index in [1.54, 1.807) is 12.1 Å². The first-order valence-electron chi connectivity index (χ1n) is 10.1. The first-order valence-corrected chi connectivity index (χ1v) is 12.8. The highest BCUT2D eigenvalue weighted by atomic mass is 32.2. The second-order valence-corrected chi connectivity index (χ2v) is 10.3. The Morgan fingerprint density at radius 1 is 1.20 bits per heavy atom. The minimum Gasteiger partial charge on any atom is -0.371 e. The minimum atomic E-state index is -3.70. The smallest absolute Gasteiger partial charge is 0.240 e. The van der Waals surface area contributed by atoms with Crippen molar-refractivity contribution >= 4 is 39.1 Å². The van der Waals surface area contributed by atoms with Gasteiger partial charge in [-0.3, -0.25) is 4.79 Å². The third-order valence-electron chi connectivity index (χ3n) is 5.22. The molecule has 1 heterocycles. The van der Waals surface area contributed by atoms with E-state index in [1.807, 2.05) is 18.4 Å². The molecule has 6 nitrogen and oxygen atoms in total. The van der Waals surface area contributed by atoms with Gasteiger partial charge in [0.1, 0.15) is 0 Å². The lowest BCUT2D eigenvalue weighted by Crippen LogP contribution is -2.34.